The summed E-state index contributed by atoms with van der Waals surface area (Å²) in [5.41, 5.74) is 4.96. The second-order valence-electron chi connectivity index (χ2n) is 8.00. The number of fused-ring (bicyclic) bond motifs is 1. The van der Waals surface area contributed by atoms with Gasteiger partial charge in [0.15, 0.2) is 0 Å². The molecule has 4 rings (SSSR count). The summed E-state index contributed by atoms with van der Waals surface area (Å²) in [5, 5.41) is 0. The predicted molar refractivity (Wildman–Crippen MR) is 142 cm³/mol. The van der Waals surface area contributed by atoms with Gasteiger partial charge in [-0.3, -0.25) is 4.72 Å². The normalized spacial score (nSPS) is 15.4. The van der Waals surface area contributed by atoms with E-state index in [1.807, 2.05) is 24.1 Å². The lowest BCUT2D eigenvalue weighted by atomic mass is 9.95. The number of anilines is 1. The van der Waals surface area contributed by atoms with Crippen LogP contribution in [0.2, 0.25) is 0 Å². The van der Waals surface area contributed by atoms with Crippen molar-refractivity contribution in [2.24, 2.45) is 4.99 Å². The first-order valence-corrected chi connectivity index (χ1v) is 13.6. The average Bonchev–Trinajstić information content (AvgIpc) is 2.93. The minimum absolute atomic E-state index is 0. The Bertz CT molecular complexity index is 1250. The molecule has 0 bridgehead atoms. The Balaban J connectivity index is 0.00000324. The number of halogens is 1. The van der Waals surface area contributed by atoms with Gasteiger partial charge < -0.3 is 9.64 Å². The van der Waals surface area contributed by atoms with Crippen molar-refractivity contribution in [2.45, 2.75) is 24.1 Å². The molecule has 9 heteroatoms. The molecule has 0 fully saturated rings. The average molecular weight is 518 g/mol. The predicted octanol–water partition coefficient (Wildman–Crippen LogP) is 5.31. The number of hydrogen-bond acceptors (Lipinski definition) is 6. The third-order valence-electron chi connectivity index (χ3n) is 5.38. The molecule has 1 heterocycles. The molecule has 1 N–H and O–H groups in total. The molecule has 0 amide bonds. The van der Waals surface area contributed by atoms with Crippen LogP contribution in [0.5, 0.6) is 0 Å². The SMILES string of the molecule is CSc1ccc(C2N=C(OCc3ccc(NS(C)(=O)=O)cc3)N(C)Cc3ccccc32)cc1.Cl. The third kappa shape index (κ3) is 6.46. The maximum absolute atomic E-state index is 11.4. The Morgan fingerprint density at radius 1 is 1.06 bits per heavy atom. The van der Waals surface area contributed by atoms with Gasteiger partial charge in [0.25, 0.3) is 6.02 Å². The number of amidine groups is 1. The molecule has 34 heavy (non-hydrogen) atoms. The molecule has 1 unspecified atom stereocenters. The molecule has 6 nitrogen and oxygen atoms in total. The van der Waals surface area contributed by atoms with Crippen LogP contribution in [0.4, 0.5) is 5.69 Å². The molecule has 3 aromatic carbocycles. The van der Waals surface area contributed by atoms with Crippen molar-refractivity contribution in [2.75, 3.05) is 24.3 Å². The number of benzene rings is 3. The van der Waals surface area contributed by atoms with Crippen molar-refractivity contribution in [1.29, 1.82) is 0 Å². The summed E-state index contributed by atoms with van der Waals surface area (Å²) in [6, 6.07) is 24.5. The van der Waals surface area contributed by atoms with Gasteiger partial charge in [-0.1, -0.05) is 48.5 Å². The molecule has 0 spiro atoms. The van der Waals surface area contributed by atoms with Gasteiger partial charge in [-0.05, 0) is 52.8 Å². The van der Waals surface area contributed by atoms with E-state index in [4.69, 9.17) is 9.73 Å². The smallest absolute Gasteiger partial charge is 0.288 e. The fourth-order valence-electron chi connectivity index (χ4n) is 3.77. The first-order chi connectivity index (χ1) is 15.8. The van der Waals surface area contributed by atoms with Crippen molar-refractivity contribution in [1.82, 2.24) is 4.90 Å². The van der Waals surface area contributed by atoms with E-state index in [0.717, 1.165) is 17.4 Å². The lowest BCUT2D eigenvalue weighted by Gasteiger charge is -2.20. The molecule has 0 saturated carbocycles. The summed E-state index contributed by atoms with van der Waals surface area (Å²) >= 11 is 1.72. The molecule has 1 atom stereocenters. The number of sulfonamides is 1. The maximum atomic E-state index is 11.4. The van der Waals surface area contributed by atoms with Gasteiger partial charge >= 0.3 is 0 Å². The third-order valence-corrected chi connectivity index (χ3v) is 6.73. The second-order valence-corrected chi connectivity index (χ2v) is 10.6. The molecule has 180 valence electrons. The van der Waals surface area contributed by atoms with Crippen LogP contribution < -0.4 is 4.72 Å². The topological polar surface area (TPSA) is 71.0 Å². The second kappa shape index (κ2) is 11.2. The van der Waals surface area contributed by atoms with E-state index in [1.54, 1.807) is 23.9 Å². The van der Waals surface area contributed by atoms with Gasteiger partial charge in [0.05, 0.1) is 6.26 Å². The molecular weight excluding hydrogens is 490 g/mol. The Morgan fingerprint density at radius 2 is 1.74 bits per heavy atom. The number of aliphatic imine (C=N–C) groups is 1. The summed E-state index contributed by atoms with van der Waals surface area (Å²) in [5.74, 6) is 0. The summed E-state index contributed by atoms with van der Waals surface area (Å²) in [6.45, 7) is 1.03. The van der Waals surface area contributed by atoms with Gasteiger partial charge in [-0.2, -0.15) is 0 Å². The van der Waals surface area contributed by atoms with E-state index in [0.29, 0.717) is 24.9 Å². The van der Waals surface area contributed by atoms with Crippen LogP contribution in [-0.4, -0.2) is 38.9 Å². The maximum Gasteiger partial charge on any atom is 0.288 e. The largest absolute Gasteiger partial charge is 0.460 e. The number of rotatable bonds is 6. The quantitative estimate of drug-likeness (QED) is 0.449. The highest BCUT2D eigenvalue weighted by atomic mass is 35.5. The number of nitrogens with zero attached hydrogens (tertiary/aromatic N) is 2. The molecule has 0 radical (unpaired) electrons. The summed E-state index contributed by atoms with van der Waals surface area (Å²) < 4.78 is 31.4. The van der Waals surface area contributed by atoms with Crippen LogP contribution in [0, 0.1) is 0 Å². The lowest BCUT2D eigenvalue weighted by Crippen LogP contribution is -2.27. The van der Waals surface area contributed by atoms with Gasteiger partial charge in [-0.15, -0.1) is 24.2 Å². The summed E-state index contributed by atoms with van der Waals surface area (Å²) in [4.78, 5) is 8.26. The Kier molecular flexibility index (Phi) is 8.52. The first-order valence-electron chi connectivity index (χ1n) is 10.5. The molecule has 0 saturated heterocycles. The summed E-state index contributed by atoms with van der Waals surface area (Å²) in [7, 11) is -1.32. The fraction of sp³-hybridized carbons (Fsp3) is 0.240. The zero-order valence-corrected chi connectivity index (χ0v) is 21.7. The molecule has 0 aromatic heterocycles. The zero-order chi connectivity index (χ0) is 23.4. The van der Waals surface area contributed by atoms with Crippen LogP contribution in [0.15, 0.2) is 82.7 Å². The van der Waals surface area contributed by atoms with Crippen LogP contribution in [-0.2, 0) is 27.9 Å². The highest BCUT2D eigenvalue weighted by molar-refractivity contribution is 7.98. The van der Waals surface area contributed by atoms with Crippen LogP contribution in [0.1, 0.15) is 28.3 Å². The fourth-order valence-corrected chi connectivity index (χ4v) is 4.74. The minimum Gasteiger partial charge on any atom is -0.460 e. The molecule has 3 aromatic rings. The van der Waals surface area contributed by atoms with E-state index in [9.17, 15) is 8.42 Å². The van der Waals surface area contributed by atoms with E-state index in [2.05, 4.69) is 59.5 Å². The monoisotopic (exact) mass is 517 g/mol. The number of ether oxygens (including phenoxy) is 1. The zero-order valence-electron chi connectivity index (χ0n) is 19.3. The van der Waals surface area contributed by atoms with E-state index in [1.165, 1.54) is 16.0 Å². The lowest BCUT2D eigenvalue weighted by molar-refractivity contribution is 0.231. The van der Waals surface area contributed by atoms with Crippen molar-refractivity contribution in [3.05, 3.63) is 95.1 Å². The van der Waals surface area contributed by atoms with Crippen LogP contribution >= 0.6 is 24.2 Å². The number of nitrogens with one attached hydrogen (secondary N) is 1. The molecule has 1 aliphatic rings. The van der Waals surface area contributed by atoms with Crippen molar-refractivity contribution in [3.63, 3.8) is 0 Å². The van der Waals surface area contributed by atoms with E-state index >= 15 is 0 Å². The van der Waals surface area contributed by atoms with Crippen LogP contribution in [0.3, 0.4) is 0 Å². The van der Waals surface area contributed by atoms with Gasteiger partial charge in [0.1, 0.15) is 12.6 Å². The summed E-state index contributed by atoms with van der Waals surface area (Å²) in [6.07, 6.45) is 3.20. The van der Waals surface area contributed by atoms with Crippen molar-refractivity contribution in [3.8, 4) is 0 Å². The van der Waals surface area contributed by atoms with Crippen LogP contribution in [0.25, 0.3) is 0 Å². The first kappa shape index (κ1) is 25.9. The van der Waals surface area contributed by atoms with E-state index in [-0.39, 0.29) is 18.4 Å². The highest BCUT2D eigenvalue weighted by Gasteiger charge is 2.24. The van der Waals surface area contributed by atoms with Gasteiger partial charge in [0, 0.05) is 24.2 Å². The number of thioether (sulfide) groups is 1. The Hall–Kier alpha value is -2.68. The van der Waals surface area contributed by atoms with Gasteiger partial charge in [0.2, 0.25) is 10.0 Å². The standard InChI is InChI=1S/C25H27N3O3S2.ClH/c1-28-16-20-6-4-5-7-23(20)24(19-10-14-22(32-2)15-11-19)26-25(28)31-17-18-8-12-21(13-9-18)27-33(3,29)30;/h4-15,24,27H,16-17H2,1-3H3;1H. The van der Waals surface area contributed by atoms with Gasteiger partial charge in [-0.25, -0.2) is 13.4 Å². The Labute approximate surface area is 211 Å². The van der Waals surface area contributed by atoms with Crippen molar-refractivity contribution < 1.29 is 13.2 Å². The van der Waals surface area contributed by atoms with E-state index < -0.39 is 10.0 Å². The van der Waals surface area contributed by atoms with Crippen molar-refractivity contribution >= 4 is 45.9 Å². The molecule has 1 aliphatic heterocycles. The Morgan fingerprint density at radius 3 is 2.38 bits per heavy atom. The highest BCUT2D eigenvalue weighted by Crippen LogP contribution is 2.33. The minimum atomic E-state index is -3.30. The molecule has 0 aliphatic carbocycles. The molecular formula is C25H28ClN3O3S2. The number of hydrogen-bond donors (Lipinski definition) is 1.